The van der Waals surface area contributed by atoms with Gasteiger partial charge in [0.15, 0.2) is 0 Å². The number of nitrogens with zero attached hydrogens (tertiary/aromatic N) is 3. The molecule has 6 heteroatoms. The highest BCUT2D eigenvalue weighted by Gasteiger charge is 2.11. The zero-order valence-electron chi connectivity index (χ0n) is 15.1. The minimum Gasteiger partial charge on any atom is -0.322 e. The number of hydrogen-bond donors (Lipinski definition) is 1. The fraction of sp³-hybridized carbons (Fsp3) is 0.0455. The molecule has 0 aliphatic heterocycles. The van der Waals surface area contributed by atoms with Gasteiger partial charge in [0.1, 0.15) is 5.82 Å². The molecule has 0 aliphatic rings. The molecule has 0 spiro atoms. The summed E-state index contributed by atoms with van der Waals surface area (Å²) in [6.45, 7) is 1.99. The van der Waals surface area contributed by atoms with Gasteiger partial charge in [0, 0.05) is 16.8 Å². The van der Waals surface area contributed by atoms with Crippen LogP contribution in [0.1, 0.15) is 15.9 Å². The molecule has 5 nitrogen and oxygen atoms in total. The van der Waals surface area contributed by atoms with Gasteiger partial charge < -0.3 is 5.32 Å². The van der Waals surface area contributed by atoms with E-state index >= 15 is 0 Å². The Morgan fingerprint density at radius 1 is 0.929 bits per heavy atom. The zero-order chi connectivity index (χ0) is 19.5. The van der Waals surface area contributed by atoms with Crippen molar-refractivity contribution >= 4 is 11.6 Å². The van der Waals surface area contributed by atoms with Gasteiger partial charge in [0.25, 0.3) is 5.91 Å². The van der Waals surface area contributed by atoms with E-state index in [1.807, 2.05) is 31.2 Å². The lowest BCUT2D eigenvalue weighted by atomic mass is 10.1. The fourth-order valence-corrected chi connectivity index (χ4v) is 2.84. The maximum absolute atomic E-state index is 13.2. The molecule has 1 aromatic heterocycles. The van der Waals surface area contributed by atoms with Gasteiger partial charge in [-0.05, 0) is 67.6 Å². The number of hydrogen-bond acceptors (Lipinski definition) is 3. The number of aromatic nitrogens is 3. The number of carbonyl (C=O) groups is 1. The minimum atomic E-state index is -0.299. The summed E-state index contributed by atoms with van der Waals surface area (Å²) < 4.78 is 14.8. The monoisotopic (exact) mass is 372 g/mol. The average molecular weight is 372 g/mol. The van der Waals surface area contributed by atoms with E-state index in [9.17, 15) is 9.18 Å². The van der Waals surface area contributed by atoms with Crippen LogP contribution in [0.25, 0.3) is 16.9 Å². The molecule has 0 saturated carbocycles. The molecule has 0 fully saturated rings. The van der Waals surface area contributed by atoms with Crippen molar-refractivity contribution < 1.29 is 9.18 Å². The molecule has 4 rings (SSSR count). The van der Waals surface area contributed by atoms with Crippen molar-refractivity contribution in [2.45, 2.75) is 6.92 Å². The second kappa shape index (κ2) is 7.44. The Morgan fingerprint density at radius 3 is 2.29 bits per heavy atom. The molecular formula is C22H17FN4O. The molecule has 0 aliphatic carbocycles. The maximum Gasteiger partial charge on any atom is 0.255 e. The number of aryl methyl sites for hydroxylation is 1. The Kier molecular flexibility index (Phi) is 4.68. The number of nitrogens with one attached hydrogen (secondary N) is 1. The number of amides is 1. The van der Waals surface area contributed by atoms with Crippen molar-refractivity contribution in [3.63, 3.8) is 0 Å². The Morgan fingerprint density at radius 2 is 1.61 bits per heavy atom. The standard InChI is InChI=1S/C22H17FN4O/c1-15-2-10-19(11-3-15)25-22(28)17-6-12-20(13-7-17)27-21(14-24-26-27)16-4-8-18(23)9-5-16/h2-14H,1H3,(H,25,28). The molecule has 0 bridgehead atoms. The summed E-state index contributed by atoms with van der Waals surface area (Å²) in [6.07, 6.45) is 1.62. The maximum atomic E-state index is 13.2. The summed E-state index contributed by atoms with van der Waals surface area (Å²) >= 11 is 0. The molecule has 3 aromatic carbocycles. The predicted molar refractivity (Wildman–Crippen MR) is 106 cm³/mol. The molecule has 28 heavy (non-hydrogen) atoms. The van der Waals surface area contributed by atoms with E-state index in [4.69, 9.17) is 0 Å². The highest BCUT2D eigenvalue weighted by atomic mass is 19.1. The van der Waals surface area contributed by atoms with Crippen molar-refractivity contribution in [3.8, 4) is 16.9 Å². The molecule has 0 radical (unpaired) electrons. The topological polar surface area (TPSA) is 59.8 Å². The van der Waals surface area contributed by atoms with Gasteiger partial charge in [0.05, 0.1) is 17.6 Å². The molecule has 1 N–H and O–H groups in total. The third kappa shape index (κ3) is 3.66. The van der Waals surface area contributed by atoms with Crippen molar-refractivity contribution in [1.29, 1.82) is 0 Å². The SMILES string of the molecule is Cc1ccc(NC(=O)c2ccc(-n3nncc3-c3ccc(F)cc3)cc2)cc1. The van der Waals surface area contributed by atoms with Gasteiger partial charge in [-0.15, -0.1) is 5.10 Å². The van der Waals surface area contributed by atoms with Crippen LogP contribution in [-0.2, 0) is 0 Å². The lowest BCUT2D eigenvalue weighted by Crippen LogP contribution is -2.12. The van der Waals surface area contributed by atoms with E-state index < -0.39 is 0 Å². The van der Waals surface area contributed by atoms with Gasteiger partial charge in [-0.2, -0.15) is 0 Å². The molecule has 1 amide bonds. The zero-order valence-corrected chi connectivity index (χ0v) is 15.1. The highest BCUT2D eigenvalue weighted by molar-refractivity contribution is 6.04. The van der Waals surface area contributed by atoms with Crippen LogP contribution >= 0.6 is 0 Å². The average Bonchev–Trinajstić information content (AvgIpc) is 3.20. The van der Waals surface area contributed by atoms with Crippen molar-refractivity contribution in [2.75, 3.05) is 5.32 Å². The van der Waals surface area contributed by atoms with E-state index in [0.717, 1.165) is 28.2 Å². The Bertz CT molecular complexity index is 1100. The van der Waals surface area contributed by atoms with Crippen LogP contribution in [0.15, 0.2) is 79.0 Å². The Hall–Kier alpha value is -3.80. The van der Waals surface area contributed by atoms with E-state index in [2.05, 4.69) is 15.6 Å². The van der Waals surface area contributed by atoms with Crippen LogP contribution in [0.5, 0.6) is 0 Å². The molecule has 0 saturated heterocycles. The Balaban J connectivity index is 1.55. The van der Waals surface area contributed by atoms with E-state index in [1.165, 1.54) is 12.1 Å². The minimum absolute atomic E-state index is 0.187. The highest BCUT2D eigenvalue weighted by Crippen LogP contribution is 2.22. The first-order valence-electron chi connectivity index (χ1n) is 8.75. The Labute approximate surface area is 161 Å². The van der Waals surface area contributed by atoms with Crippen LogP contribution < -0.4 is 5.32 Å². The molecule has 0 unspecified atom stereocenters. The lowest BCUT2D eigenvalue weighted by molar-refractivity contribution is 0.102. The molecular weight excluding hydrogens is 355 g/mol. The van der Waals surface area contributed by atoms with Gasteiger partial charge in [0.2, 0.25) is 0 Å². The second-order valence-electron chi connectivity index (χ2n) is 6.40. The number of benzene rings is 3. The first kappa shape index (κ1) is 17.6. The second-order valence-corrected chi connectivity index (χ2v) is 6.40. The van der Waals surface area contributed by atoms with E-state index in [0.29, 0.717) is 5.56 Å². The number of anilines is 1. The van der Waals surface area contributed by atoms with Crippen LogP contribution in [0.3, 0.4) is 0 Å². The quantitative estimate of drug-likeness (QED) is 0.568. The molecule has 138 valence electrons. The number of halogens is 1. The van der Waals surface area contributed by atoms with Gasteiger partial charge in [-0.1, -0.05) is 22.9 Å². The number of rotatable bonds is 4. The summed E-state index contributed by atoms with van der Waals surface area (Å²) in [7, 11) is 0. The first-order chi connectivity index (χ1) is 13.6. The van der Waals surface area contributed by atoms with Crippen molar-refractivity contribution in [3.05, 3.63) is 95.9 Å². The lowest BCUT2D eigenvalue weighted by Gasteiger charge is -2.08. The summed E-state index contributed by atoms with van der Waals surface area (Å²) in [4.78, 5) is 12.4. The van der Waals surface area contributed by atoms with Crippen LogP contribution in [0.4, 0.5) is 10.1 Å². The van der Waals surface area contributed by atoms with Gasteiger partial charge in [-0.3, -0.25) is 4.79 Å². The third-order valence-electron chi connectivity index (χ3n) is 4.37. The normalized spacial score (nSPS) is 10.6. The summed E-state index contributed by atoms with van der Waals surface area (Å²) in [5.41, 5.74) is 4.70. The molecule has 0 atom stereocenters. The van der Waals surface area contributed by atoms with E-state index in [-0.39, 0.29) is 11.7 Å². The molecule has 1 heterocycles. The van der Waals surface area contributed by atoms with Gasteiger partial charge in [-0.25, -0.2) is 9.07 Å². The predicted octanol–water partition coefficient (Wildman–Crippen LogP) is 4.63. The largest absolute Gasteiger partial charge is 0.322 e. The van der Waals surface area contributed by atoms with Crippen LogP contribution in [-0.4, -0.2) is 20.9 Å². The van der Waals surface area contributed by atoms with E-state index in [1.54, 1.807) is 47.3 Å². The molecule has 4 aromatic rings. The van der Waals surface area contributed by atoms with Crippen LogP contribution in [0.2, 0.25) is 0 Å². The number of carbonyl (C=O) groups excluding carboxylic acids is 1. The fourth-order valence-electron chi connectivity index (χ4n) is 2.84. The summed E-state index contributed by atoms with van der Waals surface area (Å²) in [5, 5.41) is 10.9. The van der Waals surface area contributed by atoms with Crippen LogP contribution in [0, 0.1) is 12.7 Å². The van der Waals surface area contributed by atoms with Gasteiger partial charge >= 0.3 is 0 Å². The summed E-state index contributed by atoms with van der Waals surface area (Å²) in [5.74, 6) is -0.487. The smallest absolute Gasteiger partial charge is 0.255 e. The first-order valence-corrected chi connectivity index (χ1v) is 8.75. The van der Waals surface area contributed by atoms with Crippen molar-refractivity contribution in [2.24, 2.45) is 0 Å². The summed E-state index contributed by atoms with van der Waals surface area (Å²) in [6, 6.07) is 20.8. The third-order valence-corrected chi connectivity index (χ3v) is 4.37. The van der Waals surface area contributed by atoms with Crippen molar-refractivity contribution in [1.82, 2.24) is 15.0 Å².